The molecule has 14 heavy (non-hydrogen) atoms. The first-order valence-electron chi connectivity index (χ1n) is 4.29. The van der Waals surface area contributed by atoms with Crippen LogP contribution in [0.25, 0.3) is 0 Å². The highest BCUT2D eigenvalue weighted by Crippen LogP contribution is 1.87. The van der Waals surface area contributed by atoms with E-state index in [1.807, 2.05) is 0 Å². The first-order valence-corrected chi connectivity index (χ1v) is 4.29. The van der Waals surface area contributed by atoms with E-state index in [1.54, 1.807) is 0 Å². The second kappa shape index (κ2) is 6.33. The van der Waals surface area contributed by atoms with Gasteiger partial charge in [0.2, 0.25) is 0 Å². The Kier molecular flexibility index (Phi) is 5.82. The SMILES string of the molecule is CC(N)C(=O)OCCOC(=O)C(C)N. The Bertz CT molecular complexity index is 182. The Morgan fingerprint density at radius 1 is 1.00 bits per heavy atom. The molecule has 0 spiro atoms. The van der Waals surface area contributed by atoms with Gasteiger partial charge in [-0.3, -0.25) is 9.59 Å². The fourth-order valence-corrected chi connectivity index (χ4v) is 0.547. The van der Waals surface area contributed by atoms with Crippen LogP contribution in [0.3, 0.4) is 0 Å². The van der Waals surface area contributed by atoms with Gasteiger partial charge in [-0.05, 0) is 13.8 Å². The highest BCUT2D eigenvalue weighted by molar-refractivity contribution is 5.75. The van der Waals surface area contributed by atoms with E-state index in [0.29, 0.717) is 0 Å². The molecule has 4 N–H and O–H groups in total. The van der Waals surface area contributed by atoms with Crippen LogP contribution < -0.4 is 11.5 Å². The van der Waals surface area contributed by atoms with Gasteiger partial charge in [0.05, 0.1) is 0 Å². The summed E-state index contributed by atoms with van der Waals surface area (Å²) < 4.78 is 9.30. The minimum atomic E-state index is -0.667. The maximum absolute atomic E-state index is 10.8. The highest BCUT2D eigenvalue weighted by Gasteiger charge is 2.10. The van der Waals surface area contributed by atoms with E-state index in [1.165, 1.54) is 13.8 Å². The Morgan fingerprint density at radius 3 is 1.50 bits per heavy atom. The molecule has 0 aromatic carbocycles. The van der Waals surface area contributed by atoms with Crippen LogP contribution in [0.2, 0.25) is 0 Å². The summed E-state index contributed by atoms with van der Waals surface area (Å²) >= 11 is 0. The molecular formula is C8H16N2O4. The number of carbonyl (C=O) groups is 2. The quantitative estimate of drug-likeness (QED) is 0.429. The van der Waals surface area contributed by atoms with E-state index in [-0.39, 0.29) is 13.2 Å². The molecule has 0 aromatic heterocycles. The number of hydrogen-bond donors (Lipinski definition) is 2. The van der Waals surface area contributed by atoms with Crippen molar-refractivity contribution >= 4 is 11.9 Å². The van der Waals surface area contributed by atoms with Crippen molar-refractivity contribution in [3.05, 3.63) is 0 Å². The van der Waals surface area contributed by atoms with Crippen molar-refractivity contribution in [1.29, 1.82) is 0 Å². The van der Waals surface area contributed by atoms with Crippen LogP contribution in [0.15, 0.2) is 0 Å². The lowest BCUT2D eigenvalue weighted by molar-refractivity contribution is -0.153. The van der Waals surface area contributed by atoms with Crippen LogP contribution in [0.1, 0.15) is 13.8 Å². The molecule has 0 saturated carbocycles. The van der Waals surface area contributed by atoms with Crippen molar-refractivity contribution in [2.45, 2.75) is 25.9 Å². The summed E-state index contributed by atoms with van der Waals surface area (Å²) in [5, 5.41) is 0. The van der Waals surface area contributed by atoms with Crippen LogP contribution in [-0.2, 0) is 19.1 Å². The average Bonchev–Trinajstić information content (AvgIpc) is 2.11. The van der Waals surface area contributed by atoms with Gasteiger partial charge in [-0.2, -0.15) is 0 Å². The predicted molar refractivity (Wildman–Crippen MR) is 49.2 cm³/mol. The first kappa shape index (κ1) is 12.9. The van der Waals surface area contributed by atoms with Gasteiger partial charge in [0.15, 0.2) is 0 Å². The largest absolute Gasteiger partial charge is 0.461 e. The van der Waals surface area contributed by atoms with Gasteiger partial charge in [0.1, 0.15) is 25.3 Å². The molecule has 0 rings (SSSR count). The zero-order valence-electron chi connectivity index (χ0n) is 8.36. The van der Waals surface area contributed by atoms with E-state index in [9.17, 15) is 9.59 Å². The molecule has 0 heterocycles. The van der Waals surface area contributed by atoms with Crippen molar-refractivity contribution < 1.29 is 19.1 Å². The number of ether oxygens (including phenoxy) is 2. The molecule has 82 valence electrons. The van der Waals surface area contributed by atoms with Crippen LogP contribution in [0, 0.1) is 0 Å². The van der Waals surface area contributed by atoms with Crippen molar-refractivity contribution in [2.75, 3.05) is 13.2 Å². The number of carbonyl (C=O) groups excluding carboxylic acids is 2. The minimum Gasteiger partial charge on any atom is -0.461 e. The number of esters is 2. The summed E-state index contributed by atoms with van der Waals surface area (Å²) in [4.78, 5) is 21.6. The molecule has 0 aromatic rings. The third kappa shape index (κ3) is 5.50. The molecular weight excluding hydrogens is 188 g/mol. The second-order valence-corrected chi connectivity index (χ2v) is 2.91. The third-order valence-corrected chi connectivity index (χ3v) is 1.32. The summed E-state index contributed by atoms with van der Waals surface area (Å²) in [5.41, 5.74) is 10.4. The molecule has 0 aliphatic heterocycles. The van der Waals surface area contributed by atoms with Gasteiger partial charge in [-0.1, -0.05) is 0 Å². The van der Waals surface area contributed by atoms with E-state index in [2.05, 4.69) is 9.47 Å². The molecule has 0 aliphatic rings. The summed E-state index contributed by atoms with van der Waals surface area (Å²) in [5.74, 6) is -1.05. The molecule has 0 bridgehead atoms. The fraction of sp³-hybridized carbons (Fsp3) is 0.750. The molecule has 0 fully saturated rings. The van der Waals surface area contributed by atoms with Gasteiger partial charge < -0.3 is 20.9 Å². The monoisotopic (exact) mass is 204 g/mol. The fourth-order valence-electron chi connectivity index (χ4n) is 0.547. The minimum absolute atomic E-state index is 0.00116. The first-order chi connectivity index (χ1) is 6.45. The third-order valence-electron chi connectivity index (χ3n) is 1.32. The van der Waals surface area contributed by atoms with Crippen molar-refractivity contribution in [2.24, 2.45) is 11.5 Å². The Morgan fingerprint density at radius 2 is 1.29 bits per heavy atom. The van der Waals surface area contributed by atoms with Gasteiger partial charge in [-0.25, -0.2) is 0 Å². The Balaban J connectivity index is 3.48. The number of rotatable bonds is 5. The molecule has 6 nitrogen and oxygen atoms in total. The van der Waals surface area contributed by atoms with E-state index < -0.39 is 24.0 Å². The summed E-state index contributed by atoms with van der Waals surface area (Å²) in [6, 6.07) is -1.33. The van der Waals surface area contributed by atoms with Gasteiger partial charge >= 0.3 is 11.9 Å². The predicted octanol–water partition coefficient (Wildman–Crippen LogP) is -1.23. The zero-order chi connectivity index (χ0) is 11.1. The molecule has 0 aliphatic carbocycles. The lowest BCUT2D eigenvalue weighted by Crippen LogP contribution is -2.32. The van der Waals surface area contributed by atoms with Gasteiger partial charge in [0, 0.05) is 0 Å². The molecule has 0 amide bonds. The average molecular weight is 204 g/mol. The molecule has 0 saturated heterocycles. The molecule has 2 unspecified atom stereocenters. The van der Waals surface area contributed by atoms with Crippen molar-refractivity contribution in [1.82, 2.24) is 0 Å². The Labute approximate surface area is 82.5 Å². The van der Waals surface area contributed by atoms with Gasteiger partial charge in [-0.15, -0.1) is 0 Å². The van der Waals surface area contributed by atoms with Crippen LogP contribution >= 0.6 is 0 Å². The normalized spacial score (nSPS) is 14.3. The van der Waals surface area contributed by atoms with Gasteiger partial charge in [0.25, 0.3) is 0 Å². The highest BCUT2D eigenvalue weighted by atomic mass is 16.6. The summed E-state index contributed by atoms with van der Waals surface area (Å²) in [6.07, 6.45) is 0. The summed E-state index contributed by atoms with van der Waals surface area (Å²) in [7, 11) is 0. The van der Waals surface area contributed by atoms with E-state index >= 15 is 0 Å². The van der Waals surface area contributed by atoms with E-state index in [0.717, 1.165) is 0 Å². The lowest BCUT2D eigenvalue weighted by Gasteiger charge is -2.08. The molecule has 2 atom stereocenters. The standard InChI is InChI=1S/C8H16N2O4/c1-5(9)7(11)13-3-4-14-8(12)6(2)10/h5-6H,3-4,9-10H2,1-2H3. The van der Waals surface area contributed by atoms with Crippen molar-refractivity contribution in [3.8, 4) is 0 Å². The maximum atomic E-state index is 10.8. The van der Waals surface area contributed by atoms with Crippen LogP contribution in [-0.4, -0.2) is 37.2 Å². The smallest absolute Gasteiger partial charge is 0.322 e. The number of hydrogen-bond acceptors (Lipinski definition) is 6. The lowest BCUT2D eigenvalue weighted by atomic mass is 10.4. The summed E-state index contributed by atoms with van der Waals surface area (Å²) in [6.45, 7) is 3.02. The van der Waals surface area contributed by atoms with E-state index in [4.69, 9.17) is 11.5 Å². The second-order valence-electron chi connectivity index (χ2n) is 2.91. The topological polar surface area (TPSA) is 105 Å². The maximum Gasteiger partial charge on any atom is 0.322 e. The molecule has 6 heteroatoms. The zero-order valence-corrected chi connectivity index (χ0v) is 8.36. The Hall–Kier alpha value is -1.14. The number of nitrogens with two attached hydrogens (primary N) is 2. The van der Waals surface area contributed by atoms with Crippen LogP contribution in [0.4, 0.5) is 0 Å². The molecule has 0 radical (unpaired) electrons. The van der Waals surface area contributed by atoms with Crippen molar-refractivity contribution in [3.63, 3.8) is 0 Å². The van der Waals surface area contributed by atoms with Crippen LogP contribution in [0.5, 0.6) is 0 Å².